The van der Waals surface area contributed by atoms with Crippen molar-refractivity contribution in [1.82, 2.24) is 9.97 Å². The molecule has 1 heterocycles. The Labute approximate surface area is 192 Å². The predicted molar refractivity (Wildman–Crippen MR) is 132 cm³/mol. The lowest BCUT2D eigenvalue weighted by atomic mass is 10.2. The third-order valence-corrected chi connectivity index (χ3v) is 4.93. The molecule has 3 aromatic carbocycles. The van der Waals surface area contributed by atoms with Crippen molar-refractivity contribution >= 4 is 34.6 Å². The molecule has 3 N–H and O–H groups in total. The molecular weight excluding hydrogens is 414 g/mol. The molecule has 0 unspecified atom stereocenters. The van der Waals surface area contributed by atoms with E-state index in [1.165, 1.54) is 5.56 Å². The first kappa shape index (κ1) is 21.8. The highest BCUT2D eigenvalue weighted by atomic mass is 16.5. The zero-order valence-corrected chi connectivity index (χ0v) is 18.7. The predicted octanol–water partition coefficient (Wildman–Crippen LogP) is 5.84. The van der Waals surface area contributed by atoms with Gasteiger partial charge in [-0.2, -0.15) is 0 Å². The molecule has 4 rings (SSSR count). The molecule has 0 aliphatic heterocycles. The first-order valence-electron chi connectivity index (χ1n) is 10.5. The summed E-state index contributed by atoms with van der Waals surface area (Å²) in [7, 11) is 1.54. The van der Waals surface area contributed by atoms with Gasteiger partial charge >= 0.3 is 0 Å². The molecule has 0 saturated carbocycles. The van der Waals surface area contributed by atoms with Crippen LogP contribution in [0.25, 0.3) is 0 Å². The van der Waals surface area contributed by atoms with E-state index in [4.69, 9.17) is 4.74 Å². The first-order chi connectivity index (χ1) is 16.0. The fraction of sp³-hybridized carbons (Fsp3) is 0.115. The van der Waals surface area contributed by atoms with Gasteiger partial charge in [-0.05, 0) is 62.4 Å². The molecule has 0 radical (unpaired) electrons. The summed E-state index contributed by atoms with van der Waals surface area (Å²) < 4.78 is 5.26. The Morgan fingerprint density at radius 2 is 1.30 bits per heavy atom. The summed E-state index contributed by atoms with van der Waals surface area (Å²) in [4.78, 5) is 21.5. The molecule has 0 fully saturated rings. The number of carbonyl (C=O) groups is 1. The van der Waals surface area contributed by atoms with Gasteiger partial charge in [-0.15, -0.1) is 0 Å². The van der Waals surface area contributed by atoms with Crippen molar-refractivity contribution in [2.75, 3.05) is 23.1 Å². The summed E-state index contributed by atoms with van der Waals surface area (Å²) >= 11 is 0. The monoisotopic (exact) mass is 439 g/mol. The zero-order valence-electron chi connectivity index (χ0n) is 18.7. The van der Waals surface area contributed by atoms with Crippen LogP contribution in [0.3, 0.4) is 0 Å². The molecule has 7 nitrogen and oxygen atoms in total. The molecule has 0 aliphatic rings. The summed E-state index contributed by atoms with van der Waals surface area (Å²) in [6.07, 6.45) is 0. The van der Waals surface area contributed by atoms with Gasteiger partial charge in [0.05, 0.1) is 12.7 Å². The molecule has 0 aliphatic carbocycles. The van der Waals surface area contributed by atoms with Gasteiger partial charge < -0.3 is 20.7 Å². The van der Waals surface area contributed by atoms with Crippen molar-refractivity contribution in [2.24, 2.45) is 0 Å². The molecule has 7 heteroatoms. The number of rotatable bonds is 7. The normalized spacial score (nSPS) is 10.4. The van der Waals surface area contributed by atoms with Crippen LogP contribution in [0.4, 0.5) is 28.7 Å². The maximum absolute atomic E-state index is 12.6. The number of ether oxygens (including phenoxy) is 1. The molecular formula is C26H25N5O2. The quantitative estimate of drug-likeness (QED) is 0.335. The topological polar surface area (TPSA) is 88.2 Å². The molecule has 1 amide bonds. The van der Waals surface area contributed by atoms with Gasteiger partial charge in [0.25, 0.3) is 5.91 Å². The van der Waals surface area contributed by atoms with Gasteiger partial charge in [0.1, 0.15) is 23.2 Å². The van der Waals surface area contributed by atoms with E-state index in [1.54, 1.807) is 25.3 Å². The lowest BCUT2D eigenvalue weighted by Gasteiger charge is -2.12. The number of methoxy groups -OCH3 is 1. The van der Waals surface area contributed by atoms with Gasteiger partial charge in [0, 0.05) is 23.1 Å². The number of carbonyl (C=O) groups excluding carboxylic acids is 1. The largest absolute Gasteiger partial charge is 0.496 e. The Balaban J connectivity index is 1.44. The van der Waals surface area contributed by atoms with Crippen LogP contribution in [0.15, 0.2) is 78.9 Å². The van der Waals surface area contributed by atoms with Crippen molar-refractivity contribution in [3.8, 4) is 5.75 Å². The number of aryl methyl sites for hydroxylation is 2. The average Bonchev–Trinajstić information content (AvgIpc) is 2.81. The molecule has 166 valence electrons. The second-order valence-corrected chi connectivity index (χ2v) is 7.53. The third-order valence-electron chi connectivity index (χ3n) is 4.93. The van der Waals surface area contributed by atoms with Crippen LogP contribution in [0.2, 0.25) is 0 Å². The Kier molecular flexibility index (Phi) is 6.50. The Morgan fingerprint density at radius 3 is 1.91 bits per heavy atom. The van der Waals surface area contributed by atoms with E-state index in [2.05, 4.69) is 32.8 Å². The van der Waals surface area contributed by atoms with Crippen molar-refractivity contribution in [3.05, 3.63) is 95.8 Å². The minimum absolute atomic E-state index is 0.230. The van der Waals surface area contributed by atoms with E-state index in [0.29, 0.717) is 34.5 Å². The van der Waals surface area contributed by atoms with Gasteiger partial charge in [-0.25, -0.2) is 9.97 Å². The number of anilines is 5. The number of hydrogen-bond acceptors (Lipinski definition) is 6. The second kappa shape index (κ2) is 9.82. The van der Waals surface area contributed by atoms with E-state index in [9.17, 15) is 4.79 Å². The number of hydrogen-bond donors (Lipinski definition) is 3. The van der Waals surface area contributed by atoms with Crippen LogP contribution in [-0.4, -0.2) is 23.0 Å². The zero-order chi connectivity index (χ0) is 23.2. The number of amides is 1. The number of para-hydroxylation sites is 1. The van der Waals surface area contributed by atoms with Gasteiger partial charge in [0.15, 0.2) is 0 Å². The molecule has 0 saturated heterocycles. The molecule has 0 atom stereocenters. The Morgan fingerprint density at radius 1 is 0.758 bits per heavy atom. The highest BCUT2D eigenvalue weighted by Gasteiger charge is 2.11. The average molecular weight is 440 g/mol. The number of nitrogens with zero attached hydrogens (tertiary/aromatic N) is 2. The lowest BCUT2D eigenvalue weighted by molar-refractivity contribution is 0.102. The van der Waals surface area contributed by atoms with E-state index in [-0.39, 0.29) is 5.91 Å². The van der Waals surface area contributed by atoms with Gasteiger partial charge in [-0.1, -0.05) is 29.8 Å². The van der Waals surface area contributed by atoms with Crippen LogP contribution < -0.4 is 20.7 Å². The molecule has 0 bridgehead atoms. The van der Waals surface area contributed by atoms with Crippen LogP contribution in [0.5, 0.6) is 5.75 Å². The molecule has 4 aromatic rings. The minimum atomic E-state index is -0.230. The highest BCUT2D eigenvalue weighted by Crippen LogP contribution is 2.23. The van der Waals surface area contributed by atoms with Crippen molar-refractivity contribution in [1.29, 1.82) is 0 Å². The van der Waals surface area contributed by atoms with Gasteiger partial charge in [0.2, 0.25) is 0 Å². The fourth-order valence-electron chi connectivity index (χ4n) is 3.30. The van der Waals surface area contributed by atoms with Crippen LogP contribution in [0.1, 0.15) is 21.7 Å². The van der Waals surface area contributed by atoms with E-state index < -0.39 is 0 Å². The van der Waals surface area contributed by atoms with Crippen molar-refractivity contribution in [2.45, 2.75) is 13.8 Å². The smallest absolute Gasteiger partial charge is 0.259 e. The maximum Gasteiger partial charge on any atom is 0.259 e. The number of benzene rings is 3. The summed E-state index contributed by atoms with van der Waals surface area (Å²) in [6.45, 7) is 3.90. The molecule has 1 aromatic heterocycles. The van der Waals surface area contributed by atoms with Gasteiger partial charge in [-0.3, -0.25) is 4.79 Å². The summed E-state index contributed by atoms with van der Waals surface area (Å²) in [6, 6.07) is 24.5. The first-order valence-corrected chi connectivity index (χ1v) is 10.5. The Bertz CT molecular complexity index is 1250. The standard InChI is InChI=1S/C26H25N5O2/c1-17-8-10-19(11-9-17)29-24-16-25(28-18(2)27-24)30-20-12-14-21(15-13-20)31-26(32)22-6-4-5-7-23(22)33-3/h4-16H,1-3H3,(H,31,32)(H2,27,28,29,30). The highest BCUT2D eigenvalue weighted by molar-refractivity contribution is 6.06. The van der Waals surface area contributed by atoms with E-state index in [0.717, 1.165) is 11.4 Å². The minimum Gasteiger partial charge on any atom is -0.496 e. The van der Waals surface area contributed by atoms with Crippen LogP contribution in [-0.2, 0) is 0 Å². The maximum atomic E-state index is 12.6. The third kappa shape index (κ3) is 5.65. The van der Waals surface area contributed by atoms with Crippen molar-refractivity contribution < 1.29 is 9.53 Å². The molecule has 33 heavy (non-hydrogen) atoms. The summed E-state index contributed by atoms with van der Waals surface area (Å²) in [5, 5.41) is 9.48. The fourth-order valence-corrected chi connectivity index (χ4v) is 3.30. The SMILES string of the molecule is COc1ccccc1C(=O)Nc1ccc(Nc2cc(Nc3ccc(C)cc3)nc(C)n2)cc1. The lowest BCUT2D eigenvalue weighted by Crippen LogP contribution is -2.13. The van der Waals surface area contributed by atoms with E-state index in [1.807, 2.05) is 67.6 Å². The van der Waals surface area contributed by atoms with Crippen LogP contribution >= 0.6 is 0 Å². The van der Waals surface area contributed by atoms with Crippen molar-refractivity contribution in [3.63, 3.8) is 0 Å². The number of nitrogens with one attached hydrogen (secondary N) is 3. The summed E-state index contributed by atoms with van der Waals surface area (Å²) in [5.41, 5.74) is 4.15. The number of aromatic nitrogens is 2. The second-order valence-electron chi connectivity index (χ2n) is 7.53. The Hall–Kier alpha value is -4.39. The summed E-state index contributed by atoms with van der Waals surface area (Å²) in [5.74, 6) is 2.32. The van der Waals surface area contributed by atoms with E-state index >= 15 is 0 Å². The molecule has 0 spiro atoms. The van der Waals surface area contributed by atoms with Crippen LogP contribution in [0, 0.1) is 13.8 Å².